The van der Waals surface area contributed by atoms with E-state index in [1.807, 2.05) is 0 Å². The van der Waals surface area contributed by atoms with Gasteiger partial charge in [-0.15, -0.1) is 0 Å². The summed E-state index contributed by atoms with van der Waals surface area (Å²) in [6.45, 7) is 5.75. The molecular formula is C18H29N3O3S. The lowest BCUT2D eigenvalue weighted by Crippen LogP contribution is -2.30. The van der Waals surface area contributed by atoms with Crippen molar-refractivity contribution in [3.05, 3.63) is 29.3 Å². The first kappa shape index (κ1) is 19.7. The van der Waals surface area contributed by atoms with E-state index in [4.69, 9.17) is 0 Å². The number of amides is 1. The predicted octanol–water partition coefficient (Wildman–Crippen LogP) is 2.36. The Labute approximate surface area is 151 Å². The van der Waals surface area contributed by atoms with Crippen molar-refractivity contribution < 1.29 is 13.2 Å². The van der Waals surface area contributed by atoms with Gasteiger partial charge in [0.05, 0.1) is 11.9 Å². The maximum absolute atomic E-state index is 12.3. The number of carbonyl (C=O) groups excluding carboxylic acids is 1. The van der Waals surface area contributed by atoms with Gasteiger partial charge >= 0.3 is 0 Å². The van der Waals surface area contributed by atoms with Crippen molar-refractivity contribution in [1.82, 2.24) is 10.2 Å². The van der Waals surface area contributed by atoms with Crippen molar-refractivity contribution in [3.8, 4) is 0 Å². The fourth-order valence-corrected chi connectivity index (χ4v) is 3.66. The van der Waals surface area contributed by atoms with Gasteiger partial charge in [0.1, 0.15) is 0 Å². The van der Waals surface area contributed by atoms with Crippen molar-refractivity contribution in [1.29, 1.82) is 0 Å². The first-order chi connectivity index (χ1) is 11.8. The van der Waals surface area contributed by atoms with Gasteiger partial charge in [-0.25, -0.2) is 8.42 Å². The second-order valence-corrected chi connectivity index (χ2v) is 8.52. The molecule has 1 amide bonds. The number of sulfonamides is 1. The molecule has 140 valence electrons. The summed E-state index contributed by atoms with van der Waals surface area (Å²) in [4.78, 5) is 14.7. The van der Waals surface area contributed by atoms with E-state index in [1.54, 1.807) is 25.1 Å². The normalized spacial score (nSPS) is 16.2. The van der Waals surface area contributed by atoms with E-state index >= 15 is 0 Å². The number of anilines is 1. The standard InChI is InChI=1S/C18H29N3O3S/c1-15-8-9-16(14-17(15)20-25(2,23)24)18(22)19-10-7-13-21-11-5-3-4-6-12-21/h8-9,14,20H,3-7,10-13H2,1-2H3,(H,19,22). The molecule has 25 heavy (non-hydrogen) atoms. The molecule has 0 unspecified atom stereocenters. The van der Waals surface area contributed by atoms with Crippen LogP contribution in [0, 0.1) is 6.92 Å². The third-order valence-corrected chi connectivity index (χ3v) is 5.02. The monoisotopic (exact) mass is 367 g/mol. The molecule has 1 heterocycles. The van der Waals surface area contributed by atoms with E-state index in [2.05, 4.69) is 14.9 Å². The third kappa shape index (κ3) is 7.04. The second kappa shape index (κ2) is 9.20. The van der Waals surface area contributed by atoms with Gasteiger partial charge < -0.3 is 10.2 Å². The SMILES string of the molecule is Cc1ccc(C(=O)NCCCN2CCCCCC2)cc1NS(C)(=O)=O. The molecule has 2 rings (SSSR count). The Hall–Kier alpha value is -1.60. The van der Waals surface area contributed by atoms with Crippen molar-refractivity contribution in [2.45, 2.75) is 39.0 Å². The van der Waals surface area contributed by atoms with E-state index in [1.165, 1.54) is 25.7 Å². The lowest BCUT2D eigenvalue weighted by molar-refractivity contribution is 0.0951. The highest BCUT2D eigenvalue weighted by Gasteiger charge is 2.11. The summed E-state index contributed by atoms with van der Waals surface area (Å²) in [6.07, 6.45) is 7.21. The van der Waals surface area contributed by atoms with Crippen LogP contribution in [0.25, 0.3) is 0 Å². The van der Waals surface area contributed by atoms with Crippen LogP contribution in [0.15, 0.2) is 18.2 Å². The van der Waals surface area contributed by atoms with Gasteiger partial charge in [-0.3, -0.25) is 9.52 Å². The zero-order valence-corrected chi connectivity index (χ0v) is 16.0. The molecule has 0 radical (unpaired) electrons. The largest absolute Gasteiger partial charge is 0.352 e. The maximum Gasteiger partial charge on any atom is 0.251 e. The summed E-state index contributed by atoms with van der Waals surface area (Å²) in [5, 5.41) is 2.92. The Morgan fingerprint density at radius 1 is 1.16 bits per heavy atom. The van der Waals surface area contributed by atoms with Crippen LogP contribution in [-0.2, 0) is 10.0 Å². The topological polar surface area (TPSA) is 78.5 Å². The minimum Gasteiger partial charge on any atom is -0.352 e. The zero-order chi connectivity index (χ0) is 18.3. The van der Waals surface area contributed by atoms with Gasteiger partial charge in [-0.05, 0) is 63.5 Å². The molecule has 2 N–H and O–H groups in total. The average molecular weight is 368 g/mol. The molecule has 0 bridgehead atoms. The Morgan fingerprint density at radius 3 is 2.48 bits per heavy atom. The van der Waals surface area contributed by atoms with Crippen LogP contribution in [-0.4, -0.2) is 51.7 Å². The molecular weight excluding hydrogens is 338 g/mol. The molecule has 6 nitrogen and oxygen atoms in total. The highest BCUT2D eigenvalue weighted by atomic mass is 32.2. The van der Waals surface area contributed by atoms with Crippen LogP contribution in [0.1, 0.15) is 48.0 Å². The van der Waals surface area contributed by atoms with E-state index in [0.717, 1.165) is 37.9 Å². The predicted molar refractivity (Wildman–Crippen MR) is 102 cm³/mol. The van der Waals surface area contributed by atoms with E-state index in [9.17, 15) is 13.2 Å². The highest BCUT2D eigenvalue weighted by Crippen LogP contribution is 2.18. The molecule has 7 heteroatoms. The van der Waals surface area contributed by atoms with Gasteiger partial charge in [0.25, 0.3) is 5.91 Å². The van der Waals surface area contributed by atoms with E-state index in [-0.39, 0.29) is 5.91 Å². The van der Waals surface area contributed by atoms with Gasteiger partial charge in [-0.1, -0.05) is 18.9 Å². The van der Waals surface area contributed by atoms with Crippen LogP contribution < -0.4 is 10.0 Å². The molecule has 0 atom stereocenters. The second-order valence-electron chi connectivity index (χ2n) is 6.77. The van der Waals surface area contributed by atoms with Crippen LogP contribution >= 0.6 is 0 Å². The Morgan fingerprint density at radius 2 is 1.84 bits per heavy atom. The summed E-state index contributed by atoms with van der Waals surface area (Å²) in [6, 6.07) is 5.05. The average Bonchev–Trinajstić information content (AvgIpc) is 2.81. The Balaban J connectivity index is 1.83. The number of hydrogen-bond donors (Lipinski definition) is 2. The van der Waals surface area contributed by atoms with Crippen molar-refractivity contribution in [2.24, 2.45) is 0 Å². The minimum absolute atomic E-state index is 0.174. The van der Waals surface area contributed by atoms with Crippen molar-refractivity contribution >= 4 is 21.6 Å². The summed E-state index contributed by atoms with van der Waals surface area (Å²) in [5.41, 5.74) is 1.69. The minimum atomic E-state index is -3.37. The highest BCUT2D eigenvalue weighted by molar-refractivity contribution is 7.92. The maximum atomic E-state index is 12.3. The number of likely N-dealkylation sites (tertiary alicyclic amines) is 1. The summed E-state index contributed by atoms with van der Waals surface area (Å²) >= 11 is 0. The van der Waals surface area contributed by atoms with Gasteiger partial charge in [0.2, 0.25) is 10.0 Å². The van der Waals surface area contributed by atoms with Gasteiger partial charge in [0, 0.05) is 12.1 Å². The molecule has 0 aliphatic carbocycles. The summed E-state index contributed by atoms with van der Waals surface area (Å²) < 4.78 is 25.3. The summed E-state index contributed by atoms with van der Waals surface area (Å²) in [5.74, 6) is -0.174. The molecule has 1 saturated heterocycles. The molecule has 1 aliphatic rings. The molecule has 1 aliphatic heterocycles. The lowest BCUT2D eigenvalue weighted by atomic mass is 10.1. The fourth-order valence-electron chi connectivity index (χ4n) is 3.04. The number of carbonyl (C=O) groups is 1. The smallest absolute Gasteiger partial charge is 0.251 e. The van der Waals surface area contributed by atoms with Gasteiger partial charge in [0.15, 0.2) is 0 Å². The molecule has 0 spiro atoms. The Bertz CT molecular complexity index is 681. The van der Waals surface area contributed by atoms with Crippen molar-refractivity contribution in [3.63, 3.8) is 0 Å². The molecule has 0 saturated carbocycles. The van der Waals surface area contributed by atoms with E-state index in [0.29, 0.717) is 17.8 Å². The van der Waals surface area contributed by atoms with E-state index < -0.39 is 10.0 Å². The first-order valence-corrected chi connectivity index (χ1v) is 10.8. The number of rotatable bonds is 7. The zero-order valence-electron chi connectivity index (χ0n) is 15.2. The van der Waals surface area contributed by atoms with Crippen LogP contribution in [0.2, 0.25) is 0 Å². The molecule has 1 aromatic rings. The number of benzene rings is 1. The molecule has 0 aromatic heterocycles. The number of nitrogens with one attached hydrogen (secondary N) is 2. The summed E-state index contributed by atoms with van der Waals surface area (Å²) in [7, 11) is -3.37. The van der Waals surface area contributed by atoms with Crippen molar-refractivity contribution in [2.75, 3.05) is 37.2 Å². The van der Waals surface area contributed by atoms with Gasteiger partial charge in [-0.2, -0.15) is 0 Å². The van der Waals surface area contributed by atoms with Crippen LogP contribution in [0.4, 0.5) is 5.69 Å². The molecule has 1 aromatic carbocycles. The number of nitrogens with zero attached hydrogens (tertiary/aromatic N) is 1. The third-order valence-electron chi connectivity index (χ3n) is 4.43. The lowest BCUT2D eigenvalue weighted by Gasteiger charge is -2.19. The van der Waals surface area contributed by atoms with Crippen LogP contribution in [0.3, 0.4) is 0 Å². The molecule has 1 fully saturated rings. The first-order valence-electron chi connectivity index (χ1n) is 8.94. The number of hydrogen-bond acceptors (Lipinski definition) is 4. The van der Waals surface area contributed by atoms with Crippen LogP contribution in [0.5, 0.6) is 0 Å². The quantitative estimate of drug-likeness (QED) is 0.725. The fraction of sp³-hybridized carbons (Fsp3) is 0.611. The Kier molecular flexibility index (Phi) is 7.25. The number of aryl methyl sites for hydroxylation is 1.